The van der Waals surface area contributed by atoms with E-state index >= 15 is 0 Å². The zero-order valence-corrected chi connectivity index (χ0v) is 22.5. The average molecular weight is 591 g/mol. The second-order valence-electron chi connectivity index (χ2n) is 10.4. The van der Waals surface area contributed by atoms with Crippen LogP contribution in [-0.2, 0) is 16.6 Å². The van der Waals surface area contributed by atoms with Crippen molar-refractivity contribution >= 4 is 27.5 Å². The lowest BCUT2D eigenvalue weighted by Crippen LogP contribution is -2.45. The molecule has 0 unspecified atom stereocenters. The van der Waals surface area contributed by atoms with Gasteiger partial charge < -0.3 is 9.47 Å². The number of hydrogen-bond donors (Lipinski definition) is 1. The summed E-state index contributed by atoms with van der Waals surface area (Å²) in [5, 5.41) is 0.0652. The summed E-state index contributed by atoms with van der Waals surface area (Å²) in [5.41, 5.74) is 1.33. The van der Waals surface area contributed by atoms with Crippen molar-refractivity contribution in [3.63, 3.8) is 0 Å². The number of halogens is 5. The maximum absolute atomic E-state index is 15.0. The van der Waals surface area contributed by atoms with Crippen LogP contribution in [0.1, 0.15) is 65.9 Å². The van der Waals surface area contributed by atoms with E-state index in [1.165, 1.54) is 24.3 Å². The molecule has 1 saturated carbocycles. The van der Waals surface area contributed by atoms with Crippen LogP contribution in [0.25, 0.3) is 0 Å². The van der Waals surface area contributed by atoms with Crippen LogP contribution in [0.4, 0.5) is 17.6 Å². The Morgan fingerprint density at radius 2 is 1.69 bits per heavy atom. The summed E-state index contributed by atoms with van der Waals surface area (Å²) in [7, 11) is -3.84. The Morgan fingerprint density at radius 1 is 1.05 bits per heavy atom. The summed E-state index contributed by atoms with van der Waals surface area (Å²) < 4.78 is 87.7. The predicted octanol–water partition coefficient (Wildman–Crippen LogP) is 5.52. The summed E-state index contributed by atoms with van der Waals surface area (Å²) in [6.07, 6.45) is 0.644. The van der Waals surface area contributed by atoms with Crippen LogP contribution < -0.4 is 14.2 Å². The van der Waals surface area contributed by atoms with Gasteiger partial charge in [-0.2, -0.15) is 0 Å². The highest BCUT2D eigenvalue weighted by atomic mass is 35.5. The molecule has 2 bridgehead atoms. The second kappa shape index (κ2) is 10.4. The zero-order valence-electron chi connectivity index (χ0n) is 20.9. The number of amides is 1. The van der Waals surface area contributed by atoms with Crippen LogP contribution >= 0.6 is 11.6 Å². The van der Waals surface area contributed by atoms with Gasteiger partial charge in [-0.15, -0.1) is 13.2 Å². The molecule has 3 atom stereocenters. The molecule has 2 aromatic rings. The van der Waals surface area contributed by atoms with Gasteiger partial charge in [-0.3, -0.25) is 9.69 Å². The molecule has 0 spiro atoms. The summed E-state index contributed by atoms with van der Waals surface area (Å²) >= 11 is 5.98. The van der Waals surface area contributed by atoms with E-state index < -0.39 is 33.9 Å². The molecule has 2 aromatic carbocycles. The van der Waals surface area contributed by atoms with Crippen LogP contribution in [0.3, 0.4) is 0 Å². The largest absolute Gasteiger partial charge is 0.573 e. The number of carbonyl (C=O) groups excluding carboxylic acids is 1. The van der Waals surface area contributed by atoms with Gasteiger partial charge in [0.1, 0.15) is 23.4 Å². The molecule has 7 nitrogen and oxygen atoms in total. The van der Waals surface area contributed by atoms with Crippen LogP contribution in [0.5, 0.6) is 11.5 Å². The van der Waals surface area contributed by atoms with Gasteiger partial charge >= 0.3 is 6.36 Å². The van der Waals surface area contributed by atoms with E-state index in [0.717, 1.165) is 49.1 Å². The minimum Gasteiger partial charge on any atom is -0.490 e. The monoisotopic (exact) mass is 590 g/mol. The van der Waals surface area contributed by atoms with E-state index in [0.29, 0.717) is 19.4 Å². The maximum Gasteiger partial charge on any atom is 0.573 e. The Hall–Kier alpha value is -2.57. The predicted molar refractivity (Wildman–Crippen MR) is 135 cm³/mol. The van der Waals surface area contributed by atoms with Crippen molar-refractivity contribution < 1.29 is 40.2 Å². The molecule has 212 valence electrons. The van der Waals surface area contributed by atoms with Crippen molar-refractivity contribution in [1.29, 1.82) is 0 Å². The van der Waals surface area contributed by atoms with Crippen molar-refractivity contribution in [2.24, 2.45) is 0 Å². The number of fused-ring (bicyclic) bond motifs is 2. The lowest BCUT2D eigenvalue weighted by atomic mass is 9.95. The van der Waals surface area contributed by atoms with Crippen molar-refractivity contribution in [1.82, 2.24) is 9.62 Å². The smallest absolute Gasteiger partial charge is 0.490 e. The van der Waals surface area contributed by atoms with E-state index in [9.17, 15) is 30.8 Å². The molecule has 1 aliphatic carbocycles. The fraction of sp³-hybridized carbons (Fsp3) is 0.500. The quantitative estimate of drug-likeness (QED) is 0.408. The highest BCUT2D eigenvalue weighted by Gasteiger charge is 2.42. The lowest BCUT2D eigenvalue weighted by Gasteiger charge is -2.39. The van der Waals surface area contributed by atoms with Crippen LogP contribution in [0, 0.1) is 5.82 Å². The third kappa shape index (κ3) is 6.96. The summed E-state index contributed by atoms with van der Waals surface area (Å²) in [6.45, 7) is 0.472. The highest BCUT2D eigenvalue weighted by molar-refractivity contribution is 7.89. The third-order valence-electron chi connectivity index (χ3n) is 7.34. The minimum atomic E-state index is -4.85. The first-order chi connectivity index (χ1) is 18.2. The Morgan fingerprint density at radius 3 is 2.28 bits per heavy atom. The number of hydrogen-bond acceptors (Lipinski definition) is 6. The molecule has 3 fully saturated rings. The van der Waals surface area contributed by atoms with E-state index in [2.05, 4.69) is 9.64 Å². The Kier molecular flexibility index (Phi) is 7.49. The van der Waals surface area contributed by atoms with Crippen LogP contribution in [0.15, 0.2) is 30.3 Å². The van der Waals surface area contributed by atoms with Gasteiger partial charge in [-0.1, -0.05) is 11.6 Å². The van der Waals surface area contributed by atoms with E-state index in [1.807, 2.05) is 4.72 Å². The van der Waals surface area contributed by atoms with Crippen LogP contribution in [0.2, 0.25) is 5.02 Å². The number of rotatable bonds is 8. The van der Waals surface area contributed by atoms with Gasteiger partial charge in [0.2, 0.25) is 10.0 Å². The molecule has 13 heteroatoms. The zero-order chi connectivity index (χ0) is 28.1. The third-order valence-corrected chi connectivity index (χ3v) is 8.12. The summed E-state index contributed by atoms with van der Waals surface area (Å²) in [5.74, 6) is -1.83. The molecule has 2 saturated heterocycles. The number of benzene rings is 2. The number of sulfonamides is 1. The molecule has 2 heterocycles. The van der Waals surface area contributed by atoms with E-state index in [4.69, 9.17) is 16.3 Å². The van der Waals surface area contributed by atoms with Crippen molar-refractivity contribution in [2.45, 2.75) is 75.5 Å². The van der Waals surface area contributed by atoms with Gasteiger partial charge in [-0.25, -0.2) is 17.5 Å². The Bertz CT molecular complexity index is 1370. The summed E-state index contributed by atoms with van der Waals surface area (Å²) in [4.78, 5) is 14.7. The maximum atomic E-state index is 15.0. The minimum absolute atomic E-state index is 0.0652. The Labute approximate surface area is 228 Å². The SMILES string of the molecule is CS(=O)(=O)NC(=O)c1cc(C2CC2)c(CN2[C@@H]3CC[C@H]2C[C@@H](Oc2cc(Cl)cc(OC(F)(F)F)c2)C3)cc1F. The first-order valence-electron chi connectivity index (χ1n) is 12.6. The van der Waals surface area contributed by atoms with Crippen LogP contribution in [-0.4, -0.2) is 50.0 Å². The molecule has 3 aliphatic rings. The van der Waals surface area contributed by atoms with Gasteiger partial charge in [-0.05, 0) is 79.8 Å². The molecule has 5 rings (SSSR count). The number of nitrogens with one attached hydrogen (secondary N) is 1. The number of piperidine rings is 1. The second-order valence-corrected chi connectivity index (χ2v) is 12.6. The average Bonchev–Trinajstić information content (AvgIpc) is 3.58. The molecule has 0 radical (unpaired) electrons. The first kappa shape index (κ1) is 28.0. The van der Waals surface area contributed by atoms with Crippen molar-refractivity contribution in [3.8, 4) is 11.5 Å². The standard InChI is InChI=1S/C26H27ClF4N2O5S/c1-39(35,36)32-25(34)23-12-22(14-2-3-14)15(6-24(23)28)13-33-17-4-5-18(33)10-20(9-17)37-19-7-16(27)8-21(11-19)38-26(29,30)31/h6-8,11-12,14,17-18,20H,2-5,9-10,13H2,1H3,(H,32,34)/t17-,18+,20+. The molecular formula is C26H27ClF4N2O5S. The number of carbonyl (C=O) groups is 1. The number of nitrogens with zero attached hydrogens (tertiary/aromatic N) is 1. The fourth-order valence-electron chi connectivity index (χ4n) is 5.71. The van der Waals surface area contributed by atoms with Crippen molar-refractivity contribution in [2.75, 3.05) is 6.26 Å². The Balaban J connectivity index is 1.30. The molecule has 2 aliphatic heterocycles. The molecule has 1 N–H and O–H groups in total. The normalized spacial score (nSPS) is 23.5. The van der Waals surface area contributed by atoms with E-state index in [1.54, 1.807) is 0 Å². The number of alkyl halides is 3. The topological polar surface area (TPSA) is 84.9 Å². The lowest BCUT2D eigenvalue weighted by molar-refractivity contribution is -0.274. The molecular weight excluding hydrogens is 564 g/mol. The first-order valence-corrected chi connectivity index (χ1v) is 14.8. The molecule has 39 heavy (non-hydrogen) atoms. The van der Waals surface area contributed by atoms with E-state index in [-0.39, 0.29) is 40.4 Å². The van der Waals surface area contributed by atoms with Gasteiger partial charge in [0, 0.05) is 29.7 Å². The molecule has 1 amide bonds. The van der Waals surface area contributed by atoms with Crippen molar-refractivity contribution in [3.05, 3.63) is 57.9 Å². The highest BCUT2D eigenvalue weighted by Crippen LogP contribution is 2.45. The number of ether oxygens (including phenoxy) is 2. The van der Waals surface area contributed by atoms with Gasteiger partial charge in [0.25, 0.3) is 5.91 Å². The molecule has 0 aromatic heterocycles. The van der Waals surface area contributed by atoms with Gasteiger partial charge in [0.15, 0.2) is 0 Å². The van der Waals surface area contributed by atoms with Gasteiger partial charge in [0.05, 0.1) is 11.8 Å². The fourth-order valence-corrected chi connectivity index (χ4v) is 6.37. The summed E-state index contributed by atoms with van der Waals surface area (Å²) in [6, 6.07) is 6.75.